The SMILES string of the molecule is CC(Cc1ccc(C(=O)Oc2ccc(C(=N)N)cc2)s1)C(=O)O.CC(F)C(=O)O. The summed E-state index contributed by atoms with van der Waals surface area (Å²) in [6.45, 7) is 2.60. The second kappa shape index (κ2) is 10.9. The van der Waals surface area contributed by atoms with Crippen LogP contribution in [0.5, 0.6) is 5.75 Å². The van der Waals surface area contributed by atoms with E-state index in [1.807, 2.05) is 0 Å². The summed E-state index contributed by atoms with van der Waals surface area (Å²) >= 11 is 1.22. The van der Waals surface area contributed by atoms with Crippen molar-refractivity contribution in [3.8, 4) is 5.75 Å². The van der Waals surface area contributed by atoms with E-state index in [4.69, 9.17) is 26.1 Å². The van der Waals surface area contributed by atoms with Crippen molar-refractivity contribution in [3.05, 3.63) is 51.7 Å². The van der Waals surface area contributed by atoms with Crippen LogP contribution in [0.4, 0.5) is 4.39 Å². The molecule has 1 aromatic heterocycles. The number of carboxylic acid groups (broad SMARTS) is 2. The average molecular weight is 424 g/mol. The molecule has 2 unspecified atom stereocenters. The Hall–Kier alpha value is -3.27. The molecule has 0 saturated carbocycles. The summed E-state index contributed by atoms with van der Waals surface area (Å²) in [5.41, 5.74) is 5.90. The number of carbonyl (C=O) groups is 3. The molecule has 2 atom stereocenters. The number of amidine groups is 1. The number of benzene rings is 1. The van der Waals surface area contributed by atoms with Crippen LogP contribution in [0.25, 0.3) is 0 Å². The number of hydrogen-bond donors (Lipinski definition) is 4. The molecule has 0 aliphatic heterocycles. The number of carboxylic acids is 2. The Morgan fingerprint density at radius 1 is 1.10 bits per heavy atom. The third kappa shape index (κ3) is 8.09. The lowest BCUT2D eigenvalue weighted by atomic mass is 10.1. The molecule has 0 saturated heterocycles. The number of aliphatic carboxylic acids is 2. The van der Waals surface area contributed by atoms with Crippen LogP contribution in [0.2, 0.25) is 0 Å². The highest BCUT2D eigenvalue weighted by molar-refractivity contribution is 7.13. The molecule has 0 aliphatic rings. The average Bonchev–Trinajstić information content (AvgIpc) is 3.11. The minimum absolute atomic E-state index is 0.0571. The Morgan fingerprint density at radius 3 is 2.10 bits per heavy atom. The monoisotopic (exact) mass is 424 g/mol. The second-order valence-electron chi connectivity index (χ2n) is 5.99. The second-order valence-corrected chi connectivity index (χ2v) is 7.16. The smallest absolute Gasteiger partial charge is 0.353 e. The third-order valence-electron chi connectivity index (χ3n) is 3.51. The summed E-state index contributed by atoms with van der Waals surface area (Å²) in [4.78, 5) is 33.5. The molecule has 156 valence electrons. The summed E-state index contributed by atoms with van der Waals surface area (Å²) in [5, 5.41) is 23.8. The summed E-state index contributed by atoms with van der Waals surface area (Å²) in [6.07, 6.45) is -1.36. The van der Waals surface area contributed by atoms with Crippen LogP contribution in [0, 0.1) is 11.3 Å². The summed E-state index contributed by atoms with van der Waals surface area (Å²) in [7, 11) is 0. The molecule has 5 N–H and O–H groups in total. The van der Waals surface area contributed by atoms with Gasteiger partial charge in [-0.1, -0.05) is 6.92 Å². The predicted molar refractivity (Wildman–Crippen MR) is 105 cm³/mol. The lowest BCUT2D eigenvalue weighted by Crippen LogP contribution is -2.11. The molecule has 29 heavy (non-hydrogen) atoms. The molecule has 2 rings (SSSR count). The van der Waals surface area contributed by atoms with Crippen molar-refractivity contribution in [2.75, 3.05) is 0 Å². The molecule has 0 fully saturated rings. The number of carbonyl (C=O) groups excluding carboxylic acids is 1. The topological polar surface area (TPSA) is 151 Å². The van der Waals surface area contributed by atoms with Crippen molar-refractivity contribution >= 4 is 35.1 Å². The van der Waals surface area contributed by atoms with Gasteiger partial charge in [0.25, 0.3) is 0 Å². The van der Waals surface area contributed by atoms with E-state index in [0.717, 1.165) is 11.8 Å². The van der Waals surface area contributed by atoms with Gasteiger partial charge in [0.2, 0.25) is 0 Å². The van der Waals surface area contributed by atoms with E-state index in [2.05, 4.69) is 0 Å². The summed E-state index contributed by atoms with van der Waals surface area (Å²) in [6, 6.07) is 9.68. The first-order valence-corrected chi connectivity index (χ1v) is 9.18. The molecule has 1 aromatic carbocycles. The first-order valence-electron chi connectivity index (χ1n) is 8.36. The number of thiophene rings is 1. The van der Waals surface area contributed by atoms with E-state index in [1.165, 1.54) is 11.3 Å². The van der Waals surface area contributed by atoms with Crippen LogP contribution in [0.15, 0.2) is 36.4 Å². The minimum Gasteiger partial charge on any atom is -0.481 e. The fraction of sp³-hybridized carbons (Fsp3) is 0.263. The summed E-state index contributed by atoms with van der Waals surface area (Å²) in [5.74, 6) is -2.98. The van der Waals surface area contributed by atoms with Crippen LogP contribution in [-0.2, 0) is 16.0 Å². The maximum Gasteiger partial charge on any atom is 0.353 e. The van der Waals surface area contributed by atoms with E-state index in [9.17, 15) is 18.8 Å². The van der Waals surface area contributed by atoms with Gasteiger partial charge in [-0.3, -0.25) is 10.2 Å². The molecular formula is C19H21FN2O6S. The molecule has 2 aromatic rings. The van der Waals surface area contributed by atoms with Gasteiger partial charge in [-0.2, -0.15) is 0 Å². The maximum atomic E-state index is 12.1. The van der Waals surface area contributed by atoms with E-state index >= 15 is 0 Å². The Bertz CT molecular complexity index is 879. The van der Waals surface area contributed by atoms with E-state index in [0.29, 0.717) is 22.6 Å². The number of nitrogen functional groups attached to an aromatic ring is 1. The standard InChI is InChI=1S/C16H16N2O4S.C3H5FO2/c1-9(15(19)20)8-12-6-7-13(23-12)16(21)22-11-4-2-10(3-5-11)14(17)18;1-2(4)3(5)6/h2-7,9H,8H2,1H3,(H3,17,18)(H,19,20);2H,1H3,(H,5,6). The van der Waals surface area contributed by atoms with Gasteiger partial charge in [-0.15, -0.1) is 11.3 Å². The molecule has 0 spiro atoms. The van der Waals surface area contributed by atoms with Gasteiger partial charge in [0.15, 0.2) is 6.17 Å². The van der Waals surface area contributed by atoms with Crippen molar-refractivity contribution in [3.63, 3.8) is 0 Å². The highest BCUT2D eigenvalue weighted by Crippen LogP contribution is 2.22. The van der Waals surface area contributed by atoms with Crippen LogP contribution >= 0.6 is 11.3 Å². The first kappa shape index (κ1) is 23.8. The lowest BCUT2D eigenvalue weighted by Gasteiger charge is -2.04. The quantitative estimate of drug-likeness (QED) is 0.231. The van der Waals surface area contributed by atoms with Crippen molar-refractivity contribution in [1.29, 1.82) is 5.41 Å². The molecule has 10 heteroatoms. The number of hydrogen-bond acceptors (Lipinski definition) is 6. The highest BCUT2D eigenvalue weighted by atomic mass is 32.1. The zero-order chi connectivity index (χ0) is 22.1. The van der Waals surface area contributed by atoms with E-state index in [1.54, 1.807) is 43.3 Å². The number of rotatable bonds is 7. The predicted octanol–water partition coefficient (Wildman–Crippen LogP) is 2.94. The van der Waals surface area contributed by atoms with Crippen molar-refractivity contribution in [2.45, 2.75) is 26.4 Å². The van der Waals surface area contributed by atoms with Gasteiger partial charge in [0.1, 0.15) is 16.5 Å². The summed E-state index contributed by atoms with van der Waals surface area (Å²) < 4.78 is 16.5. The van der Waals surface area contributed by atoms with Crippen molar-refractivity contribution in [1.82, 2.24) is 0 Å². The zero-order valence-corrected chi connectivity index (χ0v) is 16.5. The van der Waals surface area contributed by atoms with Gasteiger partial charge in [0.05, 0.1) is 5.92 Å². The van der Waals surface area contributed by atoms with Crippen molar-refractivity contribution in [2.24, 2.45) is 11.7 Å². The Kier molecular flexibility index (Phi) is 8.94. The van der Waals surface area contributed by atoms with Gasteiger partial charge < -0.3 is 20.7 Å². The molecule has 8 nitrogen and oxygen atoms in total. The number of halogens is 1. The van der Waals surface area contributed by atoms with Crippen LogP contribution in [0.3, 0.4) is 0 Å². The Labute approximate surface area is 170 Å². The molecule has 0 amide bonds. The Balaban J connectivity index is 0.000000612. The normalized spacial score (nSPS) is 12.1. The molecule has 0 aliphatic carbocycles. The third-order valence-corrected chi connectivity index (χ3v) is 4.60. The minimum atomic E-state index is -1.73. The van der Waals surface area contributed by atoms with E-state index in [-0.39, 0.29) is 5.84 Å². The molecule has 0 bridgehead atoms. The fourth-order valence-electron chi connectivity index (χ4n) is 1.85. The number of alkyl halides is 1. The van der Waals surface area contributed by atoms with Gasteiger partial charge >= 0.3 is 17.9 Å². The Morgan fingerprint density at radius 2 is 1.66 bits per heavy atom. The molecule has 1 heterocycles. The fourth-order valence-corrected chi connectivity index (χ4v) is 2.86. The number of ether oxygens (including phenoxy) is 1. The number of esters is 1. The van der Waals surface area contributed by atoms with E-state index < -0.39 is 30.0 Å². The highest BCUT2D eigenvalue weighted by Gasteiger charge is 2.16. The number of nitrogens with one attached hydrogen (secondary N) is 1. The van der Waals surface area contributed by atoms with Crippen LogP contribution in [-0.4, -0.2) is 40.1 Å². The zero-order valence-electron chi connectivity index (χ0n) is 15.7. The first-order chi connectivity index (χ1) is 13.5. The van der Waals surface area contributed by atoms with Crippen molar-refractivity contribution < 1.29 is 33.7 Å². The molecule has 0 radical (unpaired) electrons. The maximum absolute atomic E-state index is 12.1. The molecular weight excluding hydrogens is 403 g/mol. The van der Waals surface area contributed by atoms with Crippen LogP contribution < -0.4 is 10.5 Å². The van der Waals surface area contributed by atoms with Gasteiger partial charge in [0, 0.05) is 10.4 Å². The van der Waals surface area contributed by atoms with Gasteiger partial charge in [-0.05, 0) is 49.7 Å². The number of nitrogens with two attached hydrogens (primary N) is 1. The van der Waals surface area contributed by atoms with Gasteiger partial charge in [-0.25, -0.2) is 14.0 Å². The largest absolute Gasteiger partial charge is 0.481 e. The van der Waals surface area contributed by atoms with Crippen LogP contribution in [0.1, 0.15) is 34.0 Å². The lowest BCUT2D eigenvalue weighted by molar-refractivity contribution is -0.142.